The van der Waals surface area contributed by atoms with Crippen molar-refractivity contribution in [1.82, 2.24) is 4.57 Å². The molecule has 2 aliphatic carbocycles. The number of nitrogens with zero attached hydrogens (tertiary/aromatic N) is 2. The number of ether oxygens (including phenoxy) is 1. The van der Waals surface area contributed by atoms with Crippen molar-refractivity contribution in [3.8, 4) is 0 Å². The maximum atomic E-state index is 12.5. The van der Waals surface area contributed by atoms with Crippen molar-refractivity contribution in [3.05, 3.63) is 28.2 Å². The molecular weight excluding hydrogens is 272 g/mol. The molecule has 0 bridgehead atoms. The first kappa shape index (κ1) is 12.5. The maximum absolute atomic E-state index is 12.5. The molecule has 1 aromatic heterocycles. The summed E-state index contributed by atoms with van der Waals surface area (Å²) in [6.45, 7) is 1.71. The molecular formula is C15H16N2O2S. The lowest BCUT2D eigenvalue weighted by molar-refractivity contribution is -0.174. The molecule has 4 nitrogen and oxygen atoms in total. The number of hydrogen-bond acceptors (Lipinski definition) is 4. The predicted octanol–water partition coefficient (Wildman–Crippen LogP) is 2.81. The van der Waals surface area contributed by atoms with Gasteiger partial charge in [0, 0.05) is 17.7 Å². The smallest absolute Gasteiger partial charge is 0.277 e. The zero-order valence-electron chi connectivity index (χ0n) is 11.2. The number of hydrogen-bond donors (Lipinski definition) is 0. The molecule has 1 aliphatic heterocycles. The van der Waals surface area contributed by atoms with E-state index in [1.165, 1.54) is 18.4 Å². The van der Waals surface area contributed by atoms with Gasteiger partial charge in [0.05, 0.1) is 18.4 Å². The SMILES string of the molecule is O=c1c(N=C=S)cc(C2CC2)cn1C1CC2(COC2)C1. The van der Waals surface area contributed by atoms with Gasteiger partial charge in [-0.15, -0.1) is 0 Å². The van der Waals surface area contributed by atoms with Gasteiger partial charge in [0.2, 0.25) is 0 Å². The van der Waals surface area contributed by atoms with Crippen molar-refractivity contribution in [2.75, 3.05) is 13.2 Å². The standard InChI is InChI=1S/C15H16N2O2S/c18-14-13(16-9-20)3-11(10-1-2-10)6-17(14)12-4-15(5-12)7-19-8-15/h3,6,10,12H,1-2,4-5,7-8H2. The van der Waals surface area contributed by atoms with E-state index in [1.54, 1.807) is 0 Å². The van der Waals surface area contributed by atoms with Crippen LogP contribution in [0.15, 0.2) is 22.1 Å². The second-order valence-corrected chi connectivity index (χ2v) is 6.59. The molecule has 0 amide bonds. The normalized spacial score (nSPS) is 23.8. The lowest BCUT2D eigenvalue weighted by Crippen LogP contribution is -2.53. The first-order chi connectivity index (χ1) is 9.71. The minimum absolute atomic E-state index is 0.0353. The summed E-state index contributed by atoms with van der Waals surface area (Å²) in [5.74, 6) is 0.599. The molecule has 3 aliphatic rings. The van der Waals surface area contributed by atoms with E-state index in [0.29, 0.717) is 23.1 Å². The molecule has 0 unspecified atom stereocenters. The van der Waals surface area contributed by atoms with E-state index in [9.17, 15) is 4.79 Å². The number of isothiocyanates is 1. The summed E-state index contributed by atoms with van der Waals surface area (Å²) < 4.78 is 7.18. The minimum Gasteiger partial charge on any atom is -0.380 e. The molecule has 0 N–H and O–H groups in total. The van der Waals surface area contributed by atoms with Gasteiger partial charge in [-0.2, -0.15) is 4.99 Å². The van der Waals surface area contributed by atoms with Crippen molar-refractivity contribution in [1.29, 1.82) is 0 Å². The van der Waals surface area contributed by atoms with Gasteiger partial charge in [-0.05, 0) is 55.4 Å². The van der Waals surface area contributed by atoms with Gasteiger partial charge >= 0.3 is 0 Å². The van der Waals surface area contributed by atoms with Gasteiger partial charge in [0.1, 0.15) is 5.69 Å². The highest BCUT2D eigenvalue weighted by molar-refractivity contribution is 7.78. The molecule has 3 fully saturated rings. The Hall–Kier alpha value is -1.29. The second kappa shape index (κ2) is 4.35. The van der Waals surface area contributed by atoms with E-state index >= 15 is 0 Å². The topological polar surface area (TPSA) is 43.6 Å². The Kier molecular flexibility index (Phi) is 2.71. The highest BCUT2D eigenvalue weighted by atomic mass is 32.1. The monoisotopic (exact) mass is 288 g/mol. The van der Waals surface area contributed by atoms with Crippen molar-refractivity contribution in [2.24, 2.45) is 10.4 Å². The molecule has 2 saturated carbocycles. The third kappa shape index (κ3) is 1.89. The average molecular weight is 288 g/mol. The quantitative estimate of drug-likeness (QED) is 0.634. The number of aromatic nitrogens is 1. The molecule has 5 heteroatoms. The van der Waals surface area contributed by atoms with Crippen molar-refractivity contribution >= 4 is 23.1 Å². The van der Waals surface area contributed by atoms with Crippen LogP contribution in [0.4, 0.5) is 5.69 Å². The summed E-state index contributed by atoms with van der Waals surface area (Å²) in [6, 6.07) is 2.18. The van der Waals surface area contributed by atoms with E-state index in [0.717, 1.165) is 26.1 Å². The molecule has 1 aromatic rings. The Balaban J connectivity index is 1.70. The zero-order valence-corrected chi connectivity index (χ0v) is 12.0. The summed E-state index contributed by atoms with van der Waals surface area (Å²) in [5, 5.41) is 2.33. The minimum atomic E-state index is -0.0353. The lowest BCUT2D eigenvalue weighted by atomic mass is 9.64. The molecule has 0 radical (unpaired) electrons. The third-order valence-electron chi connectivity index (χ3n) is 4.81. The number of thiocarbonyl (C=S) groups is 1. The maximum Gasteiger partial charge on any atom is 0.277 e. The van der Waals surface area contributed by atoms with Crippen LogP contribution in [0.2, 0.25) is 0 Å². The molecule has 0 atom stereocenters. The van der Waals surface area contributed by atoms with Gasteiger partial charge in [0.25, 0.3) is 5.56 Å². The van der Waals surface area contributed by atoms with Crippen LogP contribution in [0, 0.1) is 5.41 Å². The van der Waals surface area contributed by atoms with Crippen LogP contribution < -0.4 is 5.56 Å². The van der Waals surface area contributed by atoms with Crippen LogP contribution in [0.3, 0.4) is 0 Å². The van der Waals surface area contributed by atoms with Gasteiger partial charge < -0.3 is 9.30 Å². The summed E-state index contributed by atoms with van der Waals surface area (Å²) in [4.78, 5) is 16.4. The Morgan fingerprint density at radius 1 is 1.40 bits per heavy atom. The van der Waals surface area contributed by atoms with Crippen LogP contribution in [0.1, 0.15) is 43.2 Å². The lowest BCUT2D eigenvalue weighted by Gasteiger charge is -2.53. The zero-order chi connectivity index (χ0) is 13.7. The van der Waals surface area contributed by atoms with Crippen LogP contribution >= 0.6 is 12.2 Å². The van der Waals surface area contributed by atoms with Gasteiger partial charge in [-0.3, -0.25) is 4.79 Å². The molecule has 0 aromatic carbocycles. The Morgan fingerprint density at radius 2 is 2.15 bits per heavy atom. The van der Waals surface area contributed by atoms with Crippen molar-refractivity contribution in [2.45, 2.75) is 37.6 Å². The van der Waals surface area contributed by atoms with Gasteiger partial charge in [-0.25, -0.2) is 0 Å². The first-order valence-corrected chi connectivity index (χ1v) is 7.53. The van der Waals surface area contributed by atoms with E-state index in [4.69, 9.17) is 4.74 Å². The largest absolute Gasteiger partial charge is 0.380 e. The fraction of sp³-hybridized carbons (Fsp3) is 0.600. The Morgan fingerprint density at radius 3 is 2.70 bits per heavy atom. The third-order valence-corrected chi connectivity index (χ3v) is 4.90. The summed E-state index contributed by atoms with van der Waals surface area (Å²) in [5.41, 5.74) is 1.98. The Bertz CT molecular complexity index is 659. The summed E-state index contributed by atoms with van der Waals surface area (Å²) in [7, 11) is 0. The fourth-order valence-electron chi connectivity index (χ4n) is 3.41. The number of aliphatic imine (C=N–C) groups is 1. The van der Waals surface area contributed by atoms with Crippen LogP contribution in [-0.2, 0) is 4.74 Å². The molecule has 1 spiro atoms. The Labute approximate surface area is 122 Å². The van der Waals surface area contributed by atoms with E-state index < -0.39 is 0 Å². The van der Waals surface area contributed by atoms with Crippen LogP contribution in [-0.4, -0.2) is 22.9 Å². The fourth-order valence-corrected chi connectivity index (χ4v) is 3.51. The molecule has 4 rings (SSSR count). The predicted molar refractivity (Wildman–Crippen MR) is 78.9 cm³/mol. The molecule has 20 heavy (non-hydrogen) atoms. The van der Waals surface area contributed by atoms with E-state index in [1.807, 2.05) is 16.8 Å². The highest BCUT2D eigenvalue weighted by Gasteiger charge is 2.50. The van der Waals surface area contributed by atoms with Crippen molar-refractivity contribution in [3.63, 3.8) is 0 Å². The number of pyridine rings is 1. The average Bonchev–Trinajstić information content (AvgIpc) is 3.14. The first-order valence-electron chi connectivity index (χ1n) is 7.12. The van der Waals surface area contributed by atoms with Gasteiger partial charge in [-0.1, -0.05) is 0 Å². The van der Waals surface area contributed by atoms with Crippen LogP contribution in [0.5, 0.6) is 0 Å². The highest BCUT2D eigenvalue weighted by Crippen LogP contribution is 2.53. The molecule has 2 heterocycles. The molecule has 1 saturated heterocycles. The van der Waals surface area contributed by atoms with Gasteiger partial charge in [0.15, 0.2) is 0 Å². The van der Waals surface area contributed by atoms with Crippen molar-refractivity contribution < 1.29 is 4.74 Å². The number of rotatable bonds is 3. The molecule has 104 valence electrons. The van der Waals surface area contributed by atoms with E-state index in [-0.39, 0.29) is 5.56 Å². The summed E-state index contributed by atoms with van der Waals surface area (Å²) >= 11 is 4.65. The van der Waals surface area contributed by atoms with E-state index in [2.05, 4.69) is 22.4 Å². The summed E-state index contributed by atoms with van der Waals surface area (Å²) in [6.07, 6.45) is 6.55. The van der Waals surface area contributed by atoms with Crippen LogP contribution in [0.25, 0.3) is 0 Å². The second-order valence-electron chi connectivity index (χ2n) is 6.40.